The van der Waals surface area contributed by atoms with Crippen molar-refractivity contribution in [1.82, 2.24) is 14.5 Å². The molecule has 0 aliphatic heterocycles. The van der Waals surface area contributed by atoms with Crippen molar-refractivity contribution in [1.29, 1.82) is 0 Å². The van der Waals surface area contributed by atoms with E-state index in [4.69, 9.17) is 0 Å². The minimum atomic E-state index is -3.51. The Morgan fingerprint density at radius 3 is 2.52 bits per heavy atom. The summed E-state index contributed by atoms with van der Waals surface area (Å²) in [5.41, 5.74) is 3.54. The molecule has 1 heterocycles. The molecule has 0 saturated heterocycles. The van der Waals surface area contributed by atoms with Gasteiger partial charge in [0.2, 0.25) is 10.0 Å². The summed E-state index contributed by atoms with van der Waals surface area (Å²) in [5, 5.41) is 4.31. The van der Waals surface area contributed by atoms with Gasteiger partial charge in [0.1, 0.15) is 0 Å². The zero-order valence-electron chi connectivity index (χ0n) is 12.8. The third kappa shape index (κ3) is 3.51. The van der Waals surface area contributed by atoms with Gasteiger partial charge in [0.15, 0.2) is 0 Å². The lowest BCUT2D eigenvalue weighted by Crippen LogP contribution is -2.24. The maximum Gasteiger partial charge on any atom is 0.241 e. The molecule has 0 aliphatic carbocycles. The van der Waals surface area contributed by atoms with Crippen molar-refractivity contribution in [2.45, 2.75) is 45.7 Å². The maximum atomic E-state index is 12.4. The van der Waals surface area contributed by atoms with E-state index < -0.39 is 10.0 Å². The van der Waals surface area contributed by atoms with E-state index >= 15 is 0 Å². The van der Waals surface area contributed by atoms with Crippen molar-refractivity contribution in [2.24, 2.45) is 0 Å². The van der Waals surface area contributed by atoms with Crippen LogP contribution in [0.25, 0.3) is 0 Å². The number of aryl methyl sites for hydroxylation is 4. The third-order valence-electron chi connectivity index (χ3n) is 3.44. The number of rotatable bonds is 5. The van der Waals surface area contributed by atoms with Crippen LogP contribution in [0.2, 0.25) is 0 Å². The van der Waals surface area contributed by atoms with Crippen molar-refractivity contribution in [3.8, 4) is 0 Å². The predicted molar refractivity (Wildman–Crippen MR) is 82.6 cm³/mol. The Morgan fingerprint density at radius 2 is 1.95 bits per heavy atom. The number of hydrogen-bond donors (Lipinski definition) is 1. The van der Waals surface area contributed by atoms with E-state index in [1.165, 1.54) is 0 Å². The number of nitrogens with zero attached hydrogens (tertiary/aromatic N) is 2. The molecule has 0 spiro atoms. The summed E-state index contributed by atoms with van der Waals surface area (Å²) in [5.74, 6) is 0. The van der Waals surface area contributed by atoms with E-state index in [1.807, 2.05) is 46.0 Å². The lowest BCUT2D eigenvalue weighted by molar-refractivity contribution is 0.580. The molecular formula is C15H21N3O2S. The largest absolute Gasteiger partial charge is 0.272 e. The standard InChI is InChI=1S/C15H21N3O2S/c1-5-18-10-14(13(4)17-18)9-16-21(19,20)15-7-6-11(2)8-12(15)3/h6-8,10,16H,5,9H2,1-4H3. The first-order chi connectivity index (χ1) is 9.83. The molecular weight excluding hydrogens is 286 g/mol. The molecule has 1 N–H and O–H groups in total. The summed E-state index contributed by atoms with van der Waals surface area (Å²) < 4.78 is 29.2. The first-order valence-corrected chi connectivity index (χ1v) is 8.41. The van der Waals surface area contributed by atoms with Gasteiger partial charge in [-0.3, -0.25) is 4.68 Å². The molecule has 114 valence electrons. The van der Waals surface area contributed by atoms with Crippen LogP contribution in [0.4, 0.5) is 0 Å². The highest BCUT2D eigenvalue weighted by atomic mass is 32.2. The van der Waals surface area contributed by atoms with E-state index in [0.717, 1.165) is 28.9 Å². The van der Waals surface area contributed by atoms with Crippen LogP contribution in [-0.2, 0) is 23.1 Å². The minimum Gasteiger partial charge on any atom is -0.272 e. The summed E-state index contributed by atoms with van der Waals surface area (Å²) in [6.07, 6.45) is 1.87. The molecule has 0 saturated carbocycles. The smallest absolute Gasteiger partial charge is 0.241 e. The first-order valence-electron chi connectivity index (χ1n) is 6.93. The average molecular weight is 307 g/mol. The zero-order valence-corrected chi connectivity index (χ0v) is 13.7. The Bertz CT molecular complexity index is 748. The molecule has 0 bridgehead atoms. The normalized spacial score (nSPS) is 11.8. The van der Waals surface area contributed by atoms with Gasteiger partial charge in [-0.15, -0.1) is 0 Å². The SMILES string of the molecule is CCn1cc(CNS(=O)(=O)c2ccc(C)cc2C)c(C)n1. The Morgan fingerprint density at radius 1 is 1.24 bits per heavy atom. The highest BCUT2D eigenvalue weighted by Crippen LogP contribution is 2.17. The molecule has 5 nitrogen and oxygen atoms in total. The van der Waals surface area contributed by atoms with Crippen molar-refractivity contribution < 1.29 is 8.42 Å². The van der Waals surface area contributed by atoms with Crippen LogP contribution >= 0.6 is 0 Å². The van der Waals surface area contributed by atoms with Gasteiger partial charge in [0.25, 0.3) is 0 Å². The molecule has 0 aliphatic rings. The highest BCUT2D eigenvalue weighted by molar-refractivity contribution is 7.89. The van der Waals surface area contributed by atoms with E-state index in [2.05, 4.69) is 9.82 Å². The van der Waals surface area contributed by atoms with Gasteiger partial charge in [-0.1, -0.05) is 17.7 Å². The Labute approximate surface area is 126 Å². The fourth-order valence-corrected chi connectivity index (χ4v) is 3.48. The first kappa shape index (κ1) is 15.7. The summed E-state index contributed by atoms with van der Waals surface area (Å²) in [6, 6.07) is 5.33. The number of nitrogens with one attached hydrogen (secondary N) is 1. The Hall–Kier alpha value is -1.66. The van der Waals surface area contributed by atoms with Crippen LogP contribution < -0.4 is 4.72 Å². The lowest BCUT2D eigenvalue weighted by atomic mass is 10.2. The van der Waals surface area contributed by atoms with Crippen molar-refractivity contribution in [2.75, 3.05) is 0 Å². The topological polar surface area (TPSA) is 64.0 Å². The average Bonchev–Trinajstić information content (AvgIpc) is 2.77. The number of hydrogen-bond acceptors (Lipinski definition) is 3. The molecule has 1 aromatic heterocycles. The quantitative estimate of drug-likeness (QED) is 0.922. The fraction of sp³-hybridized carbons (Fsp3) is 0.400. The Kier molecular flexibility index (Phi) is 4.49. The molecule has 21 heavy (non-hydrogen) atoms. The summed E-state index contributed by atoms with van der Waals surface area (Å²) >= 11 is 0. The Balaban J connectivity index is 2.19. The molecule has 0 unspecified atom stereocenters. The van der Waals surface area contributed by atoms with Crippen molar-refractivity contribution in [3.05, 3.63) is 46.8 Å². The van der Waals surface area contributed by atoms with Crippen LogP contribution in [-0.4, -0.2) is 18.2 Å². The molecule has 2 rings (SSSR count). The molecule has 6 heteroatoms. The number of sulfonamides is 1. The molecule has 0 atom stereocenters. The van der Waals surface area contributed by atoms with Gasteiger partial charge in [-0.05, 0) is 39.3 Å². The van der Waals surface area contributed by atoms with Crippen LogP contribution in [0, 0.1) is 20.8 Å². The molecule has 2 aromatic rings. The van der Waals surface area contributed by atoms with Gasteiger partial charge >= 0.3 is 0 Å². The molecule has 0 fully saturated rings. The van der Waals surface area contributed by atoms with Gasteiger partial charge in [0, 0.05) is 24.8 Å². The van der Waals surface area contributed by atoms with E-state index in [-0.39, 0.29) is 6.54 Å². The van der Waals surface area contributed by atoms with Gasteiger partial charge in [-0.2, -0.15) is 5.10 Å². The second-order valence-corrected chi connectivity index (χ2v) is 6.92. The van der Waals surface area contributed by atoms with Gasteiger partial charge in [-0.25, -0.2) is 13.1 Å². The van der Waals surface area contributed by atoms with Crippen molar-refractivity contribution >= 4 is 10.0 Å². The van der Waals surface area contributed by atoms with Crippen LogP contribution in [0.5, 0.6) is 0 Å². The van der Waals surface area contributed by atoms with Gasteiger partial charge < -0.3 is 0 Å². The third-order valence-corrected chi connectivity index (χ3v) is 5.01. The lowest BCUT2D eigenvalue weighted by Gasteiger charge is -2.09. The van der Waals surface area contributed by atoms with Gasteiger partial charge in [0.05, 0.1) is 10.6 Å². The summed E-state index contributed by atoms with van der Waals surface area (Å²) in [4.78, 5) is 0.327. The van der Waals surface area contributed by atoms with E-state index in [1.54, 1.807) is 10.7 Å². The molecule has 1 aromatic carbocycles. The summed E-state index contributed by atoms with van der Waals surface area (Å²) in [7, 11) is -3.51. The summed E-state index contributed by atoms with van der Waals surface area (Å²) in [6.45, 7) is 8.65. The second kappa shape index (κ2) is 5.99. The van der Waals surface area contributed by atoms with Crippen molar-refractivity contribution in [3.63, 3.8) is 0 Å². The number of benzene rings is 1. The maximum absolute atomic E-state index is 12.4. The second-order valence-electron chi connectivity index (χ2n) is 5.19. The van der Waals surface area contributed by atoms with Crippen LogP contribution in [0.1, 0.15) is 29.3 Å². The molecule has 0 amide bonds. The van der Waals surface area contributed by atoms with Crippen LogP contribution in [0.15, 0.2) is 29.3 Å². The number of aromatic nitrogens is 2. The zero-order chi connectivity index (χ0) is 15.6. The van der Waals surface area contributed by atoms with Crippen LogP contribution in [0.3, 0.4) is 0 Å². The van der Waals surface area contributed by atoms with E-state index in [9.17, 15) is 8.42 Å². The molecule has 0 radical (unpaired) electrons. The minimum absolute atomic E-state index is 0.251. The monoisotopic (exact) mass is 307 g/mol. The van der Waals surface area contributed by atoms with E-state index in [0.29, 0.717) is 4.90 Å². The highest BCUT2D eigenvalue weighted by Gasteiger charge is 2.17. The fourth-order valence-electron chi connectivity index (χ4n) is 2.25. The predicted octanol–water partition coefficient (Wildman–Crippen LogP) is 2.31.